The Labute approximate surface area is 153 Å². The summed E-state index contributed by atoms with van der Waals surface area (Å²) in [6, 6.07) is 7.05. The topological polar surface area (TPSA) is 70.0 Å². The Hall–Kier alpha value is -1.98. The molecule has 134 valence electrons. The van der Waals surface area contributed by atoms with Crippen LogP contribution in [0.3, 0.4) is 0 Å². The highest BCUT2D eigenvalue weighted by Crippen LogP contribution is 2.27. The molecule has 25 heavy (non-hydrogen) atoms. The van der Waals surface area contributed by atoms with Crippen LogP contribution in [0.15, 0.2) is 40.6 Å². The molecule has 0 spiro atoms. The molecule has 5 nitrogen and oxygen atoms in total. The summed E-state index contributed by atoms with van der Waals surface area (Å²) in [5.74, 6) is -0.806. The molecule has 6 heteroatoms. The number of aliphatic imine (C=N–C) groups is 1. The van der Waals surface area contributed by atoms with E-state index in [0.29, 0.717) is 11.6 Å². The van der Waals surface area contributed by atoms with Crippen molar-refractivity contribution in [3.05, 3.63) is 46.2 Å². The van der Waals surface area contributed by atoms with Crippen molar-refractivity contribution in [3.8, 4) is 0 Å². The van der Waals surface area contributed by atoms with Gasteiger partial charge in [0.25, 0.3) is 0 Å². The third-order valence-corrected chi connectivity index (χ3v) is 4.38. The third kappa shape index (κ3) is 5.80. The van der Waals surface area contributed by atoms with Gasteiger partial charge in [-0.1, -0.05) is 23.7 Å². The van der Waals surface area contributed by atoms with Crippen LogP contribution in [0.4, 0.5) is 0 Å². The molecular formula is C19H23ClN2O3. The fourth-order valence-electron chi connectivity index (χ4n) is 2.65. The summed E-state index contributed by atoms with van der Waals surface area (Å²) < 4.78 is 0. The number of Topliss-reactive ketones (excluding diaryl/α,β-unsaturated/α-hetero) is 2. The predicted molar refractivity (Wildman–Crippen MR) is 99.5 cm³/mol. The summed E-state index contributed by atoms with van der Waals surface area (Å²) in [6.45, 7) is 1.32. The maximum atomic E-state index is 12.4. The Morgan fingerprint density at radius 1 is 1.32 bits per heavy atom. The fourth-order valence-corrected chi connectivity index (χ4v) is 2.77. The quantitative estimate of drug-likeness (QED) is 0.757. The normalized spacial score (nSPS) is 18.4. The number of carbonyl (C=O) groups is 2. The van der Waals surface area contributed by atoms with Crippen LogP contribution in [0, 0.1) is 5.92 Å². The second kappa shape index (κ2) is 8.92. The number of likely N-dealkylation sites (N-methyl/N-ethyl adjacent to an activating group) is 1. The smallest absolute Gasteiger partial charge is 0.168 e. The number of nitrogens with zero attached hydrogens (tertiary/aromatic N) is 2. The Morgan fingerprint density at radius 2 is 2.00 bits per heavy atom. The molecule has 1 aromatic rings. The first kappa shape index (κ1) is 19.3. The number of aliphatic hydroxyl groups excluding tert-OH is 1. The number of halogens is 1. The summed E-state index contributed by atoms with van der Waals surface area (Å²) in [5, 5.41) is 10.8. The lowest BCUT2D eigenvalue weighted by molar-refractivity contribution is -0.127. The van der Waals surface area contributed by atoms with Crippen LogP contribution in [0.5, 0.6) is 0 Å². The van der Waals surface area contributed by atoms with Crippen molar-refractivity contribution in [3.63, 3.8) is 0 Å². The van der Waals surface area contributed by atoms with Crippen molar-refractivity contribution >= 4 is 29.4 Å². The second-order valence-corrected chi connectivity index (χ2v) is 6.93. The van der Waals surface area contributed by atoms with Gasteiger partial charge < -0.3 is 10.0 Å². The van der Waals surface area contributed by atoms with Gasteiger partial charge in [0.2, 0.25) is 0 Å². The number of hydrogen-bond acceptors (Lipinski definition) is 5. The molecule has 0 amide bonds. The molecule has 0 radical (unpaired) electrons. The van der Waals surface area contributed by atoms with Crippen molar-refractivity contribution in [1.29, 1.82) is 0 Å². The van der Waals surface area contributed by atoms with E-state index in [9.17, 15) is 14.7 Å². The van der Waals surface area contributed by atoms with Gasteiger partial charge in [0.15, 0.2) is 5.78 Å². The second-order valence-electron chi connectivity index (χ2n) is 6.50. The van der Waals surface area contributed by atoms with Gasteiger partial charge in [0.1, 0.15) is 11.5 Å². The van der Waals surface area contributed by atoms with Crippen LogP contribution >= 0.6 is 11.6 Å². The van der Waals surface area contributed by atoms with E-state index in [0.717, 1.165) is 12.1 Å². The molecule has 1 unspecified atom stereocenters. The van der Waals surface area contributed by atoms with Crippen molar-refractivity contribution in [2.45, 2.75) is 19.3 Å². The summed E-state index contributed by atoms with van der Waals surface area (Å²) in [5.41, 5.74) is 1.08. The SMILES string of the molecule is CN(C)CCN=CC1=C(O)CC(C(=O)Cc2ccc(Cl)cc2)CC1=O. The lowest BCUT2D eigenvalue weighted by Gasteiger charge is -2.21. The molecule has 0 saturated carbocycles. The highest BCUT2D eigenvalue weighted by molar-refractivity contribution is 6.30. The van der Waals surface area contributed by atoms with Gasteiger partial charge in [-0.05, 0) is 31.8 Å². The highest BCUT2D eigenvalue weighted by atomic mass is 35.5. The van der Waals surface area contributed by atoms with Gasteiger partial charge in [-0.15, -0.1) is 0 Å². The molecule has 0 aliphatic heterocycles. The van der Waals surface area contributed by atoms with Gasteiger partial charge in [-0.25, -0.2) is 0 Å². The third-order valence-electron chi connectivity index (χ3n) is 4.13. The van der Waals surface area contributed by atoms with Gasteiger partial charge in [0, 0.05) is 43.0 Å². The molecular weight excluding hydrogens is 340 g/mol. The van der Waals surface area contributed by atoms with E-state index in [1.54, 1.807) is 24.3 Å². The zero-order valence-corrected chi connectivity index (χ0v) is 15.3. The lowest BCUT2D eigenvalue weighted by Crippen LogP contribution is -2.27. The standard InChI is InChI=1S/C19H23ClN2O3/c1-22(2)8-7-21-12-16-18(24)10-14(11-19(16)25)17(23)9-13-3-5-15(20)6-4-13/h3-6,12,14,24H,7-11H2,1-2H3. The molecule has 1 aromatic carbocycles. The van der Waals surface area contributed by atoms with Crippen molar-refractivity contribution in [1.82, 2.24) is 4.90 Å². The number of hydrogen-bond donors (Lipinski definition) is 1. The van der Waals surface area contributed by atoms with E-state index >= 15 is 0 Å². The molecule has 0 fully saturated rings. The predicted octanol–water partition coefficient (Wildman–Crippen LogP) is 2.88. The summed E-state index contributed by atoms with van der Waals surface area (Å²) >= 11 is 5.84. The Balaban J connectivity index is 1.98. The largest absolute Gasteiger partial charge is 0.511 e. The molecule has 1 aliphatic rings. The summed E-state index contributed by atoms with van der Waals surface area (Å²) in [4.78, 5) is 30.8. The van der Waals surface area contributed by atoms with E-state index < -0.39 is 5.92 Å². The van der Waals surface area contributed by atoms with Crippen LogP contribution in [0.1, 0.15) is 18.4 Å². The number of aliphatic hydroxyl groups is 1. The van der Waals surface area contributed by atoms with Crippen molar-refractivity contribution in [2.75, 3.05) is 27.2 Å². The minimum absolute atomic E-state index is 0.0423. The van der Waals surface area contributed by atoms with E-state index in [4.69, 9.17) is 11.6 Å². The number of benzene rings is 1. The number of rotatable bonds is 7. The Kier molecular flexibility index (Phi) is 6.91. The highest BCUT2D eigenvalue weighted by Gasteiger charge is 2.31. The lowest BCUT2D eigenvalue weighted by atomic mass is 9.83. The molecule has 1 aliphatic carbocycles. The monoisotopic (exact) mass is 362 g/mol. The first-order valence-electron chi connectivity index (χ1n) is 8.24. The zero-order valence-electron chi connectivity index (χ0n) is 14.5. The number of carbonyl (C=O) groups excluding carboxylic acids is 2. The first-order valence-corrected chi connectivity index (χ1v) is 8.61. The minimum Gasteiger partial charge on any atom is -0.511 e. The van der Waals surface area contributed by atoms with E-state index in [1.807, 2.05) is 19.0 Å². The zero-order chi connectivity index (χ0) is 18.4. The number of allylic oxidation sites excluding steroid dienone is 2. The Morgan fingerprint density at radius 3 is 2.60 bits per heavy atom. The maximum absolute atomic E-state index is 12.4. The van der Waals surface area contributed by atoms with Gasteiger partial charge in [-0.2, -0.15) is 0 Å². The van der Waals surface area contributed by atoms with Gasteiger partial charge in [0.05, 0.1) is 12.1 Å². The Bertz CT molecular complexity index is 693. The van der Waals surface area contributed by atoms with E-state index in [1.165, 1.54) is 6.21 Å². The minimum atomic E-state index is -0.484. The molecule has 0 saturated heterocycles. The van der Waals surface area contributed by atoms with Crippen LogP contribution in [0.25, 0.3) is 0 Å². The molecule has 1 N–H and O–H groups in total. The van der Waals surface area contributed by atoms with Crippen LogP contribution < -0.4 is 0 Å². The van der Waals surface area contributed by atoms with E-state index in [2.05, 4.69) is 4.99 Å². The molecule has 1 atom stereocenters. The van der Waals surface area contributed by atoms with Crippen LogP contribution in [-0.2, 0) is 16.0 Å². The van der Waals surface area contributed by atoms with Crippen LogP contribution in [0.2, 0.25) is 5.02 Å². The maximum Gasteiger partial charge on any atom is 0.168 e. The first-order chi connectivity index (χ1) is 11.9. The number of ketones is 2. The van der Waals surface area contributed by atoms with Gasteiger partial charge in [-0.3, -0.25) is 14.6 Å². The summed E-state index contributed by atoms with van der Waals surface area (Å²) in [7, 11) is 3.88. The molecule has 0 bridgehead atoms. The van der Waals surface area contributed by atoms with Gasteiger partial charge >= 0.3 is 0 Å². The average molecular weight is 363 g/mol. The molecule has 2 rings (SSSR count). The summed E-state index contributed by atoms with van der Waals surface area (Å²) in [6.07, 6.45) is 1.97. The van der Waals surface area contributed by atoms with E-state index in [-0.39, 0.29) is 42.2 Å². The van der Waals surface area contributed by atoms with Crippen LogP contribution in [-0.4, -0.2) is 55.0 Å². The molecule has 0 heterocycles. The van der Waals surface area contributed by atoms with Crippen molar-refractivity contribution < 1.29 is 14.7 Å². The average Bonchev–Trinajstić information content (AvgIpc) is 2.55. The van der Waals surface area contributed by atoms with Crippen molar-refractivity contribution in [2.24, 2.45) is 10.9 Å². The molecule has 0 aromatic heterocycles. The fraction of sp³-hybridized carbons (Fsp3) is 0.421.